The van der Waals surface area contributed by atoms with Gasteiger partial charge in [0.15, 0.2) is 11.8 Å². The number of carbonyl (C=O) groups excluding carboxylic acids is 1. The zero-order chi connectivity index (χ0) is 17.9. The average molecular weight is 386 g/mol. The third-order valence-corrected chi connectivity index (χ3v) is 5.17. The van der Waals surface area contributed by atoms with E-state index < -0.39 is 0 Å². The highest BCUT2D eigenvalue weighted by Gasteiger charge is 2.15. The van der Waals surface area contributed by atoms with Gasteiger partial charge in [0.2, 0.25) is 0 Å². The number of imidazole rings is 1. The van der Waals surface area contributed by atoms with Crippen molar-refractivity contribution in [3.8, 4) is 17.0 Å². The van der Waals surface area contributed by atoms with Crippen LogP contribution in [0, 0.1) is 0 Å². The Morgan fingerprint density at radius 2 is 1.96 bits per heavy atom. The van der Waals surface area contributed by atoms with Crippen LogP contribution in [0.25, 0.3) is 11.3 Å². The molecular weight excluding hydrogens is 370 g/mol. The molecule has 0 saturated carbocycles. The number of rotatable bonds is 5. The zero-order valence-electron chi connectivity index (χ0n) is 13.8. The van der Waals surface area contributed by atoms with Crippen molar-refractivity contribution in [2.75, 3.05) is 17.7 Å². The van der Waals surface area contributed by atoms with E-state index in [1.807, 2.05) is 24.3 Å². The van der Waals surface area contributed by atoms with Crippen LogP contribution < -0.4 is 10.1 Å². The second-order valence-electron chi connectivity index (χ2n) is 5.82. The van der Waals surface area contributed by atoms with Gasteiger partial charge in [-0.3, -0.25) is 4.79 Å². The summed E-state index contributed by atoms with van der Waals surface area (Å²) in [6.45, 7) is 0.948. The van der Waals surface area contributed by atoms with Crippen LogP contribution in [0.5, 0.6) is 5.75 Å². The summed E-state index contributed by atoms with van der Waals surface area (Å²) < 4.78 is 7.61. The summed E-state index contributed by atoms with van der Waals surface area (Å²) in [4.78, 5) is 16.7. The summed E-state index contributed by atoms with van der Waals surface area (Å²) in [7, 11) is 0. The number of ether oxygens (including phenoxy) is 1. The van der Waals surface area contributed by atoms with Crippen LogP contribution in [0.3, 0.4) is 0 Å². The van der Waals surface area contributed by atoms with Gasteiger partial charge in [-0.25, -0.2) is 4.98 Å². The Hall–Kier alpha value is -2.44. The predicted molar refractivity (Wildman–Crippen MR) is 104 cm³/mol. The summed E-state index contributed by atoms with van der Waals surface area (Å²) in [5.74, 6) is 1.47. The highest BCUT2D eigenvalue weighted by Crippen LogP contribution is 2.29. The fraction of sp³-hybridized carbons (Fsp3) is 0.158. The lowest BCUT2D eigenvalue weighted by molar-refractivity contribution is -0.118. The van der Waals surface area contributed by atoms with Crippen LogP contribution >= 0.6 is 23.4 Å². The molecular formula is C19H16ClN3O2S. The van der Waals surface area contributed by atoms with Crippen molar-refractivity contribution in [2.45, 2.75) is 11.7 Å². The molecule has 0 bridgehead atoms. The second kappa shape index (κ2) is 7.43. The van der Waals surface area contributed by atoms with Gasteiger partial charge in [0.1, 0.15) is 5.75 Å². The van der Waals surface area contributed by atoms with Crippen LogP contribution in [0.2, 0.25) is 5.02 Å². The number of fused-ring (bicyclic) bond motifs is 1. The monoisotopic (exact) mass is 385 g/mol. The van der Waals surface area contributed by atoms with Gasteiger partial charge < -0.3 is 14.6 Å². The lowest BCUT2D eigenvalue weighted by Gasteiger charge is -2.08. The first-order valence-corrected chi connectivity index (χ1v) is 9.52. The number of carbonyl (C=O) groups is 1. The van der Waals surface area contributed by atoms with Crippen LogP contribution in [-0.4, -0.2) is 27.8 Å². The number of nitrogens with one attached hydrogen (secondary N) is 1. The first-order valence-electron chi connectivity index (χ1n) is 8.16. The molecule has 3 aromatic rings. The number of nitrogens with zero attached hydrogens (tertiary/aromatic N) is 2. The number of hydrogen-bond acceptors (Lipinski definition) is 4. The molecule has 0 atom stereocenters. The van der Waals surface area contributed by atoms with Gasteiger partial charge in [0.25, 0.3) is 5.91 Å². The first kappa shape index (κ1) is 17.0. The van der Waals surface area contributed by atoms with Crippen molar-refractivity contribution in [1.29, 1.82) is 0 Å². The Bertz CT molecular complexity index is 901. The van der Waals surface area contributed by atoms with Gasteiger partial charge >= 0.3 is 0 Å². The van der Waals surface area contributed by atoms with E-state index in [4.69, 9.17) is 16.3 Å². The molecule has 0 unspecified atom stereocenters. The largest absolute Gasteiger partial charge is 0.484 e. The smallest absolute Gasteiger partial charge is 0.262 e. The molecule has 1 aliphatic rings. The maximum Gasteiger partial charge on any atom is 0.262 e. The fourth-order valence-electron chi connectivity index (χ4n) is 2.65. The number of aromatic nitrogens is 2. The quantitative estimate of drug-likeness (QED) is 0.710. The summed E-state index contributed by atoms with van der Waals surface area (Å²) in [5.41, 5.74) is 2.71. The van der Waals surface area contributed by atoms with Gasteiger partial charge in [0.05, 0.1) is 5.69 Å². The number of halogens is 1. The van der Waals surface area contributed by atoms with Gasteiger partial charge in [-0.15, -0.1) is 0 Å². The van der Waals surface area contributed by atoms with E-state index in [1.54, 1.807) is 36.0 Å². The molecule has 0 aliphatic carbocycles. The first-order chi connectivity index (χ1) is 12.7. The molecule has 2 heterocycles. The van der Waals surface area contributed by atoms with Crippen LogP contribution in [0.1, 0.15) is 0 Å². The van der Waals surface area contributed by atoms with Gasteiger partial charge in [-0.1, -0.05) is 35.5 Å². The van der Waals surface area contributed by atoms with Crippen molar-refractivity contribution in [1.82, 2.24) is 9.55 Å². The van der Waals surface area contributed by atoms with Crippen molar-refractivity contribution < 1.29 is 9.53 Å². The topological polar surface area (TPSA) is 56.1 Å². The molecule has 0 fully saturated rings. The van der Waals surface area contributed by atoms with E-state index in [0.29, 0.717) is 10.8 Å². The van der Waals surface area contributed by atoms with E-state index in [1.165, 1.54) is 0 Å². The third kappa shape index (κ3) is 3.86. The SMILES string of the molecule is O=C(COc1ccc(Cl)cc1)Nc1ccc(-c2cn3c(n2)SCC3)cc1. The predicted octanol–water partition coefficient (Wildman–Crippen LogP) is 4.33. The van der Waals surface area contributed by atoms with E-state index in [0.717, 1.165) is 34.4 Å². The molecule has 1 amide bonds. The van der Waals surface area contributed by atoms with Crippen LogP contribution in [0.15, 0.2) is 59.9 Å². The summed E-state index contributed by atoms with van der Waals surface area (Å²) >= 11 is 7.59. The van der Waals surface area contributed by atoms with Crippen LogP contribution in [0.4, 0.5) is 5.69 Å². The average Bonchev–Trinajstić information content (AvgIpc) is 3.24. The maximum absolute atomic E-state index is 12.0. The minimum absolute atomic E-state index is 0.0611. The minimum atomic E-state index is -0.218. The third-order valence-electron chi connectivity index (χ3n) is 3.95. The molecule has 132 valence electrons. The van der Waals surface area contributed by atoms with Crippen LogP contribution in [-0.2, 0) is 11.3 Å². The van der Waals surface area contributed by atoms with E-state index in [9.17, 15) is 4.79 Å². The zero-order valence-corrected chi connectivity index (χ0v) is 15.4. The standard InChI is InChI=1S/C19H16ClN3O2S/c20-14-3-7-16(8-4-14)25-12-18(24)21-15-5-1-13(2-6-15)17-11-23-9-10-26-19(23)22-17/h1-8,11H,9-10,12H2,(H,21,24). The molecule has 5 nitrogen and oxygen atoms in total. The van der Waals surface area contributed by atoms with E-state index in [-0.39, 0.29) is 12.5 Å². The molecule has 7 heteroatoms. The number of amides is 1. The van der Waals surface area contributed by atoms with Crippen molar-refractivity contribution in [3.05, 3.63) is 59.8 Å². The number of aryl methyl sites for hydroxylation is 1. The second-order valence-corrected chi connectivity index (χ2v) is 7.32. The normalized spacial score (nSPS) is 12.7. The lowest BCUT2D eigenvalue weighted by Crippen LogP contribution is -2.20. The Morgan fingerprint density at radius 1 is 1.19 bits per heavy atom. The minimum Gasteiger partial charge on any atom is -0.484 e. The Morgan fingerprint density at radius 3 is 2.69 bits per heavy atom. The molecule has 0 saturated heterocycles. The Kier molecular flexibility index (Phi) is 4.86. The van der Waals surface area contributed by atoms with Gasteiger partial charge in [-0.2, -0.15) is 0 Å². The summed E-state index contributed by atoms with van der Waals surface area (Å²) in [6, 6.07) is 14.5. The number of hydrogen-bond donors (Lipinski definition) is 1. The maximum atomic E-state index is 12.0. The molecule has 0 radical (unpaired) electrons. The highest BCUT2D eigenvalue weighted by molar-refractivity contribution is 7.99. The molecule has 2 aromatic carbocycles. The molecule has 1 aliphatic heterocycles. The Balaban J connectivity index is 1.34. The van der Waals surface area contributed by atoms with Gasteiger partial charge in [-0.05, 0) is 36.4 Å². The molecule has 1 N–H and O–H groups in total. The number of thioether (sulfide) groups is 1. The number of anilines is 1. The van der Waals surface area contributed by atoms with E-state index >= 15 is 0 Å². The summed E-state index contributed by atoms with van der Waals surface area (Å²) in [5, 5.41) is 4.52. The highest BCUT2D eigenvalue weighted by atomic mass is 35.5. The molecule has 0 spiro atoms. The fourth-order valence-corrected chi connectivity index (χ4v) is 3.72. The van der Waals surface area contributed by atoms with Gasteiger partial charge in [0, 0.05) is 34.8 Å². The van der Waals surface area contributed by atoms with Crippen molar-refractivity contribution in [3.63, 3.8) is 0 Å². The molecule has 4 rings (SSSR count). The van der Waals surface area contributed by atoms with Crippen molar-refractivity contribution in [2.24, 2.45) is 0 Å². The molecule has 1 aromatic heterocycles. The Labute approximate surface area is 160 Å². The van der Waals surface area contributed by atoms with E-state index in [2.05, 4.69) is 21.1 Å². The molecule has 26 heavy (non-hydrogen) atoms. The summed E-state index contributed by atoms with van der Waals surface area (Å²) in [6.07, 6.45) is 2.07. The lowest BCUT2D eigenvalue weighted by atomic mass is 10.1. The van der Waals surface area contributed by atoms with Crippen molar-refractivity contribution >= 4 is 35.0 Å². The number of benzene rings is 2.